The largest absolute Gasteiger partial charge is 0.320 e. The maximum Gasteiger partial charge on any atom is 0.276 e. The minimum absolute atomic E-state index is 0.239. The maximum absolute atomic E-state index is 12.0. The van der Waals surface area contributed by atoms with E-state index in [1.165, 1.54) is 0 Å². The van der Waals surface area contributed by atoms with E-state index >= 15 is 0 Å². The fourth-order valence-electron chi connectivity index (χ4n) is 1.67. The van der Waals surface area contributed by atoms with Crippen molar-refractivity contribution in [1.82, 2.24) is 10.2 Å². The van der Waals surface area contributed by atoms with E-state index in [-0.39, 0.29) is 5.91 Å². The Bertz CT molecular complexity index is 576. The number of aryl methyl sites for hydroxylation is 1. The highest BCUT2D eigenvalue weighted by molar-refractivity contribution is 6.03. The molecule has 19 heavy (non-hydrogen) atoms. The van der Waals surface area contributed by atoms with Crippen LogP contribution in [0.2, 0.25) is 0 Å². The average Bonchev–Trinajstić information content (AvgIpc) is 2.41. The lowest BCUT2D eigenvalue weighted by atomic mass is 10.1. The summed E-state index contributed by atoms with van der Waals surface area (Å²) in [6.07, 6.45) is 0. The van der Waals surface area contributed by atoms with E-state index < -0.39 is 0 Å². The fourth-order valence-corrected chi connectivity index (χ4v) is 1.67. The monoisotopic (exact) mass is 255 g/mol. The van der Waals surface area contributed by atoms with Crippen molar-refractivity contribution in [1.29, 1.82) is 0 Å². The molecule has 4 heteroatoms. The quantitative estimate of drug-likeness (QED) is 0.916. The van der Waals surface area contributed by atoms with Crippen molar-refractivity contribution in [2.45, 2.75) is 26.7 Å². The number of hydrogen-bond donors (Lipinski definition) is 1. The predicted molar refractivity (Wildman–Crippen MR) is 75.3 cm³/mol. The van der Waals surface area contributed by atoms with Crippen molar-refractivity contribution in [2.24, 2.45) is 0 Å². The molecule has 0 aliphatic carbocycles. The summed E-state index contributed by atoms with van der Waals surface area (Å²) >= 11 is 0. The first-order valence-electron chi connectivity index (χ1n) is 6.28. The molecule has 1 aromatic carbocycles. The SMILES string of the molecule is Cc1ccccc1NC(=O)c1ccc(C(C)C)nn1. The summed E-state index contributed by atoms with van der Waals surface area (Å²) in [5.74, 6) is 0.0677. The molecule has 0 fully saturated rings. The number of nitrogens with zero attached hydrogens (tertiary/aromatic N) is 2. The van der Waals surface area contributed by atoms with Crippen molar-refractivity contribution in [3.63, 3.8) is 0 Å². The van der Waals surface area contributed by atoms with Crippen LogP contribution in [0.25, 0.3) is 0 Å². The first-order chi connectivity index (χ1) is 9.08. The second-order valence-corrected chi connectivity index (χ2v) is 4.77. The van der Waals surface area contributed by atoms with Gasteiger partial charge < -0.3 is 5.32 Å². The van der Waals surface area contributed by atoms with Gasteiger partial charge in [0.2, 0.25) is 0 Å². The van der Waals surface area contributed by atoms with Crippen LogP contribution in [-0.4, -0.2) is 16.1 Å². The molecule has 0 saturated carbocycles. The summed E-state index contributed by atoms with van der Waals surface area (Å²) in [5, 5.41) is 10.8. The van der Waals surface area contributed by atoms with E-state index in [2.05, 4.69) is 15.5 Å². The summed E-state index contributed by atoms with van der Waals surface area (Å²) in [6, 6.07) is 11.2. The normalized spacial score (nSPS) is 10.5. The summed E-state index contributed by atoms with van der Waals surface area (Å²) in [6.45, 7) is 6.03. The molecular weight excluding hydrogens is 238 g/mol. The topological polar surface area (TPSA) is 54.9 Å². The number of amides is 1. The van der Waals surface area contributed by atoms with E-state index in [0.29, 0.717) is 11.6 Å². The molecular formula is C15H17N3O. The third kappa shape index (κ3) is 3.16. The van der Waals surface area contributed by atoms with Crippen LogP contribution >= 0.6 is 0 Å². The maximum atomic E-state index is 12.0. The lowest BCUT2D eigenvalue weighted by molar-refractivity contribution is 0.102. The molecule has 1 N–H and O–H groups in total. The van der Waals surface area contributed by atoms with Crippen molar-refractivity contribution in [3.8, 4) is 0 Å². The van der Waals surface area contributed by atoms with Crippen molar-refractivity contribution < 1.29 is 4.79 Å². The molecule has 0 bridgehead atoms. The molecule has 0 aliphatic rings. The highest BCUT2D eigenvalue weighted by Gasteiger charge is 2.10. The Labute approximate surface area is 112 Å². The Balaban J connectivity index is 2.14. The van der Waals surface area contributed by atoms with E-state index in [4.69, 9.17) is 0 Å². The number of hydrogen-bond acceptors (Lipinski definition) is 3. The molecule has 0 atom stereocenters. The van der Waals surface area contributed by atoms with Gasteiger partial charge in [-0.15, -0.1) is 5.10 Å². The smallest absolute Gasteiger partial charge is 0.276 e. The molecule has 0 saturated heterocycles. The van der Waals surface area contributed by atoms with Crippen LogP contribution in [0.4, 0.5) is 5.69 Å². The van der Waals surface area contributed by atoms with Crippen molar-refractivity contribution in [3.05, 3.63) is 53.3 Å². The second-order valence-electron chi connectivity index (χ2n) is 4.77. The number of anilines is 1. The molecule has 2 aromatic rings. The molecule has 1 amide bonds. The summed E-state index contributed by atoms with van der Waals surface area (Å²) < 4.78 is 0. The zero-order valence-electron chi connectivity index (χ0n) is 11.3. The van der Waals surface area contributed by atoms with Gasteiger partial charge in [-0.2, -0.15) is 5.10 Å². The van der Waals surface area contributed by atoms with Crippen LogP contribution in [0, 0.1) is 6.92 Å². The van der Waals surface area contributed by atoms with Gasteiger partial charge in [0.05, 0.1) is 5.69 Å². The molecule has 0 radical (unpaired) electrons. The minimum Gasteiger partial charge on any atom is -0.320 e. The first kappa shape index (κ1) is 13.2. The van der Waals surface area contributed by atoms with Gasteiger partial charge in [0.25, 0.3) is 5.91 Å². The number of carbonyl (C=O) groups excluding carboxylic acids is 1. The molecule has 2 rings (SSSR count). The standard InChI is InChI=1S/C15H17N3O/c1-10(2)12-8-9-14(18-17-12)15(19)16-13-7-5-4-6-11(13)3/h4-10H,1-3H3,(H,16,19). The Morgan fingerprint density at radius 3 is 2.42 bits per heavy atom. The van der Waals surface area contributed by atoms with Crippen LogP contribution in [0.3, 0.4) is 0 Å². The highest BCUT2D eigenvalue weighted by Crippen LogP contribution is 2.15. The fraction of sp³-hybridized carbons (Fsp3) is 0.267. The number of rotatable bonds is 3. The van der Waals surface area contributed by atoms with Gasteiger partial charge >= 0.3 is 0 Å². The summed E-state index contributed by atoms with van der Waals surface area (Å²) in [7, 11) is 0. The van der Waals surface area contributed by atoms with Crippen LogP contribution in [0.1, 0.15) is 41.5 Å². The van der Waals surface area contributed by atoms with Crippen LogP contribution in [0.5, 0.6) is 0 Å². The predicted octanol–water partition coefficient (Wildman–Crippen LogP) is 3.16. The second kappa shape index (κ2) is 5.61. The molecule has 0 aliphatic heterocycles. The summed E-state index contributed by atoms with van der Waals surface area (Å²) in [4.78, 5) is 12.0. The lowest BCUT2D eigenvalue weighted by Gasteiger charge is -2.08. The van der Waals surface area contributed by atoms with Crippen LogP contribution < -0.4 is 5.32 Å². The molecule has 1 aromatic heterocycles. The van der Waals surface area contributed by atoms with Gasteiger partial charge in [-0.1, -0.05) is 32.0 Å². The van der Waals surface area contributed by atoms with E-state index in [9.17, 15) is 4.79 Å². The number of nitrogens with one attached hydrogen (secondary N) is 1. The lowest BCUT2D eigenvalue weighted by Crippen LogP contribution is -2.15. The van der Waals surface area contributed by atoms with Gasteiger partial charge in [-0.05, 0) is 36.6 Å². The Morgan fingerprint density at radius 1 is 1.11 bits per heavy atom. The zero-order chi connectivity index (χ0) is 13.8. The Hall–Kier alpha value is -2.23. The average molecular weight is 255 g/mol. The summed E-state index contributed by atoms with van der Waals surface area (Å²) in [5.41, 5.74) is 3.02. The zero-order valence-corrected chi connectivity index (χ0v) is 11.3. The Kier molecular flexibility index (Phi) is 3.90. The molecule has 4 nitrogen and oxygen atoms in total. The van der Waals surface area contributed by atoms with Gasteiger partial charge in [0.1, 0.15) is 0 Å². The van der Waals surface area contributed by atoms with E-state index in [1.54, 1.807) is 6.07 Å². The van der Waals surface area contributed by atoms with Gasteiger partial charge in [-0.25, -0.2) is 0 Å². The third-order valence-electron chi connectivity index (χ3n) is 2.90. The first-order valence-corrected chi connectivity index (χ1v) is 6.28. The van der Waals surface area contributed by atoms with Gasteiger partial charge in [0, 0.05) is 5.69 Å². The van der Waals surface area contributed by atoms with Crippen LogP contribution in [0.15, 0.2) is 36.4 Å². The van der Waals surface area contributed by atoms with Gasteiger partial charge in [-0.3, -0.25) is 4.79 Å². The van der Waals surface area contributed by atoms with Crippen molar-refractivity contribution in [2.75, 3.05) is 5.32 Å². The minimum atomic E-state index is -0.239. The van der Waals surface area contributed by atoms with Crippen molar-refractivity contribution >= 4 is 11.6 Å². The highest BCUT2D eigenvalue weighted by atomic mass is 16.1. The number of para-hydroxylation sites is 1. The molecule has 0 unspecified atom stereocenters. The van der Waals surface area contributed by atoms with Gasteiger partial charge in [0.15, 0.2) is 5.69 Å². The van der Waals surface area contributed by atoms with Crippen LogP contribution in [-0.2, 0) is 0 Å². The molecule has 1 heterocycles. The Morgan fingerprint density at radius 2 is 1.84 bits per heavy atom. The van der Waals surface area contributed by atoms with E-state index in [1.807, 2.05) is 51.1 Å². The number of carbonyl (C=O) groups is 1. The number of benzene rings is 1. The number of aromatic nitrogens is 2. The molecule has 0 spiro atoms. The third-order valence-corrected chi connectivity index (χ3v) is 2.90. The van der Waals surface area contributed by atoms with E-state index in [0.717, 1.165) is 16.9 Å². The molecule has 98 valence electrons.